The van der Waals surface area contributed by atoms with E-state index in [1.807, 2.05) is 0 Å². The Morgan fingerprint density at radius 1 is 1.35 bits per heavy atom. The fraction of sp³-hybridized carbons (Fsp3) is 0.500. The first-order chi connectivity index (χ1) is 8.17. The Morgan fingerprint density at radius 3 is 2.53 bits per heavy atom. The number of thiol groups is 1. The summed E-state index contributed by atoms with van der Waals surface area (Å²) < 4.78 is 0. The second kappa shape index (κ2) is 7.38. The van der Waals surface area contributed by atoms with Crippen LogP contribution in [0.1, 0.15) is 37.3 Å². The van der Waals surface area contributed by atoms with Gasteiger partial charge in [-0.3, -0.25) is 4.79 Å². The van der Waals surface area contributed by atoms with Crippen molar-refractivity contribution in [3.8, 4) is 0 Å². The molecule has 1 aromatic rings. The Kier molecular flexibility index (Phi) is 6.12. The van der Waals surface area contributed by atoms with E-state index in [4.69, 9.17) is 0 Å². The van der Waals surface area contributed by atoms with E-state index in [1.165, 1.54) is 11.1 Å². The lowest BCUT2D eigenvalue weighted by Crippen LogP contribution is -2.26. The van der Waals surface area contributed by atoms with E-state index in [9.17, 15) is 4.79 Å². The van der Waals surface area contributed by atoms with Gasteiger partial charge in [-0.1, -0.05) is 38.1 Å². The minimum Gasteiger partial charge on any atom is -0.355 e. The first kappa shape index (κ1) is 14.1. The Hall–Kier alpha value is -0.960. The summed E-state index contributed by atoms with van der Waals surface area (Å²) in [5, 5.41) is 2.81. The van der Waals surface area contributed by atoms with Crippen LogP contribution >= 0.6 is 12.6 Å². The highest BCUT2D eigenvalue weighted by atomic mass is 32.1. The van der Waals surface area contributed by atoms with E-state index in [0.717, 1.165) is 12.8 Å². The zero-order valence-corrected chi connectivity index (χ0v) is 11.5. The summed E-state index contributed by atoms with van der Waals surface area (Å²) >= 11 is 3.91. The van der Waals surface area contributed by atoms with Crippen LogP contribution in [0.5, 0.6) is 0 Å². The molecular formula is C14H21NOS. The monoisotopic (exact) mass is 251 g/mol. The molecule has 0 saturated heterocycles. The van der Waals surface area contributed by atoms with E-state index < -0.39 is 0 Å². The molecule has 1 N–H and O–H groups in total. The first-order valence-electron chi connectivity index (χ1n) is 6.13. The summed E-state index contributed by atoms with van der Waals surface area (Å²) in [4.78, 5) is 11.0. The van der Waals surface area contributed by atoms with Crippen molar-refractivity contribution in [2.75, 3.05) is 12.3 Å². The van der Waals surface area contributed by atoms with Crippen LogP contribution < -0.4 is 5.32 Å². The molecule has 2 nitrogen and oxygen atoms in total. The topological polar surface area (TPSA) is 29.1 Å². The molecule has 0 fully saturated rings. The van der Waals surface area contributed by atoms with Crippen molar-refractivity contribution in [2.24, 2.45) is 0 Å². The van der Waals surface area contributed by atoms with Crippen molar-refractivity contribution in [2.45, 2.75) is 32.6 Å². The Bertz CT molecular complexity index is 348. The fourth-order valence-corrected chi connectivity index (χ4v) is 1.76. The standard InChI is InChI=1S/C14H21NOS/c1-3-11(2)13-6-4-12(5-7-13)8-9-15-14(16)10-17/h4-7,11,17H,3,8-10H2,1-2H3,(H,15,16). The van der Waals surface area contributed by atoms with Gasteiger partial charge in [-0.25, -0.2) is 0 Å². The molecular weight excluding hydrogens is 230 g/mol. The number of carbonyl (C=O) groups excluding carboxylic acids is 1. The van der Waals surface area contributed by atoms with Gasteiger partial charge in [0.1, 0.15) is 0 Å². The molecule has 1 aromatic carbocycles. The van der Waals surface area contributed by atoms with E-state index >= 15 is 0 Å². The molecule has 1 amide bonds. The van der Waals surface area contributed by atoms with Gasteiger partial charge in [0, 0.05) is 6.54 Å². The average molecular weight is 251 g/mol. The molecule has 1 unspecified atom stereocenters. The SMILES string of the molecule is CCC(C)c1ccc(CCNC(=O)CS)cc1. The maximum atomic E-state index is 11.0. The van der Waals surface area contributed by atoms with Gasteiger partial charge < -0.3 is 5.32 Å². The predicted octanol–water partition coefficient (Wildman–Crippen LogP) is 2.79. The molecule has 1 rings (SSSR count). The lowest BCUT2D eigenvalue weighted by Gasteiger charge is -2.10. The molecule has 0 saturated carbocycles. The molecule has 0 heterocycles. The molecule has 0 aliphatic carbocycles. The van der Waals surface area contributed by atoms with Crippen molar-refractivity contribution < 1.29 is 4.79 Å². The Balaban J connectivity index is 2.43. The first-order valence-corrected chi connectivity index (χ1v) is 6.77. The van der Waals surface area contributed by atoms with Gasteiger partial charge in [0.2, 0.25) is 5.91 Å². The second-order valence-corrected chi connectivity index (χ2v) is 4.63. The average Bonchev–Trinajstić information content (AvgIpc) is 2.38. The van der Waals surface area contributed by atoms with Crippen LogP contribution in [0.2, 0.25) is 0 Å². The van der Waals surface area contributed by atoms with Crippen LogP contribution in [0.25, 0.3) is 0 Å². The smallest absolute Gasteiger partial charge is 0.229 e. The van der Waals surface area contributed by atoms with Gasteiger partial charge in [0.05, 0.1) is 5.75 Å². The van der Waals surface area contributed by atoms with Gasteiger partial charge in [-0.15, -0.1) is 0 Å². The van der Waals surface area contributed by atoms with Crippen molar-refractivity contribution in [3.63, 3.8) is 0 Å². The van der Waals surface area contributed by atoms with Crippen LogP contribution in [0, 0.1) is 0 Å². The van der Waals surface area contributed by atoms with Crippen LogP contribution in [0.3, 0.4) is 0 Å². The van der Waals surface area contributed by atoms with Crippen LogP contribution in [0.4, 0.5) is 0 Å². The van der Waals surface area contributed by atoms with Crippen molar-refractivity contribution in [3.05, 3.63) is 35.4 Å². The van der Waals surface area contributed by atoms with E-state index in [-0.39, 0.29) is 11.7 Å². The summed E-state index contributed by atoms with van der Waals surface area (Å²) in [6.07, 6.45) is 2.04. The number of carbonyl (C=O) groups is 1. The highest BCUT2D eigenvalue weighted by Gasteiger charge is 2.02. The molecule has 1 atom stereocenters. The second-order valence-electron chi connectivity index (χ2n) is 4.31. The number of nitrogens with one attached hydrogen (secondary N) is 1. The van der Waals surface area contributed by atoms with Crippen molar-refractivity contribution >= 4 is 18.5 Å². The van der Waals surface area contributed by atoms with Crippen LogP contribution in [-0.4, -0.2) is 18.2 Å². The number of hydrogen-bond acceptors (Lipinski definition) is 2. The van der Waals surface area contributed by atoms with Crippen LogP contribution in [0.15, 0.2) is 24.3 Å². The maximum absolute atomic E-state index is 11.0. The molecule has 94 valence electrons. The summed E-state index contributed by atoms with van der Waals surface area (Å²) in [5.74, 6) is 0.866. The van der Waals surface area contributed by atoms with Gasteiger partial charge in [-0.2, -0.15) is 12.6 Å². The number of benzene rings is 1. The molecule has 3 heteroatoms. The number of rotatable bonds is 6. The number of amides is 1. The van der Waals surface area contributed by atoms with E-state index in [2.05, 4.69) is 56.1 Å². The van der Waals surface area contributed by atoms with E-state index in [0.29, 0.717) is 12.5 Å². The van der Waals surface area contributed by atoms with Gasteiger partial charge in [0.25, 0.3) is 0 Å². The summed E-state index contributed by atoms with van der Waals surface area (Å²) in [5.41, 5.74) is 2.65. The third-order valence-corrected chi connectivity index (χ3v) is 3.33. The van der Waals surface area contributed by atoms with Crippen LogP contribution in [-0.2, 0) is 11.2 Å². The minimum absolute atomic E-state index is 0.00967. The van der Waals surface area contributed by atoms with Gasteiger partial charge in [0.15, 0.2) is 0 Å². The van der Waals surface area contributed by atoms with E-state index in [1.54, 1.807) is 0 Å². The third-order valence-electron chi connectivity index (χ3n) is 3.04. The zero-order chi connectivity index (χ0) is 12.7. The Labute approximate surface area is 109 Å². The molecule has 17 heavy (non-hydrogen) atoms. The molecule has 0 radical (unpaired) electrons. The predicted molar refractivity (Wildman–Crippen MR) is 75.7 cm³/mol. The maximum Gasteiger partial charge on any atom is 0.229 e. The fourth-order valence-electron chi connectivity index (χ4n) is 1.65. The summed E-state index contributed by atoms with van der Waals surface area (Å²) in [6.45, 7) is 5.12. The molecule has 0 bridgehead atoms. The summed E-state index contributed by atoms with van der Waals surface area (Å²) in [6, 6.07) is 8.66. The third kappa shape index (κ3) is 4.82. The zero-order valence-electron chi connectivity index (χ0n) is 10.6. The minimum atomic E-state index is -0.00967. The molecule has 0 aromatic heterocycles. The van der Waals surface area contributed by atoms with Gasteiger partial charge in [-0.05, 0) is 29.9 Å². The normalized spacial score (nSPS) is 12.2. The molecule has 0 aliphatic rings. The van der Waals surface area contributed by atoms with Gasteiger partial charge >= 0.3 is 0 Å². The largest absolute Gasteiger partial charge is 0.355 e. The highest BCUT2D eigenvalue weighted by Crippen LogP contribution is 2.18. The lowest BCUT2D eigenvalue weighted by atomic mass is 9.97. The Morgan fingerprint density at radius 2 is 2.00 bits per heavy atom. The highest BCUT2D eigenvalue weighted by molar-refractivity contribution is 7.81. The molecule has 0 spiro atoms. The molecule has 0 aliphatic heterocycles. The quantitative estimate of drug-likeness (QED) is 0.748. The summed E-state index contributed by atoms with van der Waals surface area (Å²) in [7, 11) is 0. The lowest BCUT2D eigenvalue weighted by molar-refractivity contribution is -0.118. The number of hydrogen-bond donors (Lipinski definition) is 2. The van der Waals surface area contributed by atoms with Crippen molar-refractivity contribution in [1.29, 1.82) is 0 Å². The van der Waals surface area contributed by atoms with Crippen molar-refractivity contribution in [1.82, 2.24) is 5.32 Å².